The summed E-state index contributed by atoms with van der Waals surface area (Å²) in [4.78, 5) is 21.9. The van der Waals surface area contributed by atoms with Gasteiger partial charge in [0.25, 0.3) is 0 Å². The molecule has 0 bridgehead atoms. The molecule has 0 saturated heterocycles. The first-order chi connectivity index (χ1) is 8.07. The lowest BCUT2D eigenvalue weighted by molar-refractivity contribution is -0.122. The van der Waals surface area contributed by atoms with Gasteiger partial charge in [-0.25, -0.2) is 4.79 Å². The van der Waals surface area contributed by atoms with Crippen LogP contribution in [0.4, 0.5) is 4.79 Å². The van der Waals surface area contributed by atoms with Gasteiger partial charge in [-0.15, -0.1) is 0 Å². The van der Waals surface area contributed by atoms with Crippen molar-refractivity contribution < 1.29 is 9.59 Å². The number of carbonyl (C=O) groups is 2. The Morgan fingerprint density at radius 1 is 1.12 bits per heavy atom. The van der Waals surface area contributed by atoms with E-state index >= 15 is 0 Å². The Labute approximate surface area is 103 Å². The highest BCUT2D eigenvalue weighted by Gasteiger charge is 2.10. The molecule has 0 heterocycles. The number of urea groups is 1. The highest BCUT2D eigenvalue weighted by atomic mass is 16.2. The molecule has 0 aliphatic rings. The lowest BCUT2D eigenvalue weighted by Crippen LogP contribution is -2.45. The first-order valence-corrected chi connectivity index (χ1v) is 6.12. The molecule has 100 valence electrons. The number of hydrogen-bond donors (Lipinski definition) is 4. The molecule has 5 N–H and O–H groups in total. The van der Waals surface area contributed by atoms with E-state index in [1.165, 1.54) is 0 Å². The van der Waals surface area contributed by atoms with Gasteiger partial charge in [-0.1, -0.05) is 19.8 Å². The van der Waals surface area contributed by atoms with Crippen molar-refractivity contribution in [2.75, 3.05) is 19.6 Å². The number of carbonyl (C=O) groups excluding carboxylic acids is 2. The number of primary amides is 1. The summed E-state index contributed by atoms with van der Waals surface area (Å²) < 4.78 is 0. The van der Waals surface area contributed by atoms with Crippen molar-refractivity contribution in [1.82, 2.24) is 16.0 Å². The number of nitrogens with one attached hydrogen (secondary N) is 3. The van der Waals surface area contributed by atoms with Crippen LogP contribution in [0.2, 0.25) is 0 Å². The van der Waals surface area contributed by atoms with Gasteiger partial charge in [0, 0.05) is 19.6 Å². The Morgan fingerprint density at radius 3 is 2.41 bits per heavy atom. The average Bonchev–Trinajstić information content (AvgIpc) is 2.29. The minimum atomic E-state index is -0.552. The van der Waals surface area contributed by atoms with E-state index < -0.39 is 6.03 Å². The molecule has 0 saturated carbocycles. The van der Waals surface area contributed by atoms with Gasteiger partial charge in [-0.3, -0.25) is 4.79 Å². The predicted molar refractivity (Wildman–Crippen MR) is 67.6 cm³/mol. The van der Waals surface area contributed by atoms with E-state index in [2.05, 4.69) is 22.9 Å². The topological polar surface area (TPSA) is 96.2 Å². The van der Waals surface area contributed by atoms with E-state index in [1.807, 2.05) is 0 Å². The van der Waals surface area contributed by atoms with Crippen molar-refractivity contribution in [2.24, 2.45) is 5.73 Å². The number of nitrogens with two attached hydrogens (primary N) is 1. The molecule has 0 aliphatic heterocycles. The summed E-state index contributed by atoms with van der Waals surface area (Å²) >= 11 is 0. The fourth-order valence-corrected chi connectivity index (χ4v) is 1.31. The van der Waals surface area contributed by atoms with Gasteiger partial charge < -0.3 is 21.7 Å². The Kier molecular flexibility index (Phi) is 9.14. The summed E-state index contributed by atoms with van der Waals surface area (Å²) in [5.74, 6) is -0.0137. The van der Waals surface area contributed by atoms with E-state index in [1.54, 1.807) is 6.92 Å². The van der Waals surface area contributed by atoms with E-state index in [9.17, 15) is 9.59 Å². The normalized spacial score (nSPS) is 11.9. The quantitative estimate of drug-likeness (QED) is 0.428. The van der Waals surface area contributed by atoms with E-state index in [0.717, 1.165) is 25.8 Å². The van der Waals surface area contributed by atoms with Crippen LogP contribution in [0, 0.1) is 0 Å². The van der Waals surface area contributed by atoms with Crippen LogP contribution in [-0.4, -0.2) is 37.6 Å². The van der Waals surface area contributed by atoms with Gasteiger partial charge in [-0.05, 0) is 13.3 Å². The smallest absolute Gasteiger partial charge is 0.312 e. The number of unbranched alkanes of at least 4 members (excludes halogenated alkanes) is 2. The van der Waals surface area contributed by atoms with Gasteiger partial charge in [-0.2, -0.15) is 0 Å². The number of rotatable bonds is 9. The predicted octanol–water partition coefficient (Wildman–Crippen LogP) is -0.0608. The maximum atomic E-state index is 11.5. The fraction of sp³-hybridized carbons (Fsp3) is 0.818. The lowest BCUT2D eigenvalue weighted by atomic mass is 10.2. The standard InChI is InChI=1S/C11H24N4O2/c1-3-4-5-6-14-10(16)9(2)13-7-8-15-11(12)17/h9,13H,3-8H2,1-2H3,(H,14,16)(H3,12,15,17). The summed E-state index contributed by atoms with van der Waals surface area (Å²) in [5, 5.41) is 8.29. The van der Waals surface area contributed by atoms with Crippen LogP contribution < -0.4 is 21.7 Å². The van der Waals surface area contributed by atoms with Crippen LogP contribution in [0.3, 0.4) is 0 Å². The molecule has 0 aromatic carbocycles. The second-order valence-electron chi connectivity index (χ2n) is 3.96. The Morgan fingerprint density at radius 2 is 1.82 bits per heavy atom. The van der Waals surface area contributed by atoms with Crippen LogP contribution in [0.15, 0.2) is 0 Å². The molecule has 0 spiro atoms. The van der Waals surface area contributed by atoms with E-state index in [-0.39, 0.29) is 11.9 Å². The number of hydrogen-bond acceptors (Lipinski definition) is 3. The summed E-state index contributed by atoms with van der Waals surface area (Å²) in [6.45, 7) is 5.57. The molecule has 1 atom stereocenters. The molecule has 6 heteroatoms. The summed E-state index contributed by atoms with van der Waals surface area (Å²) in [6.07, 6.45) is 3.28. The number of amides is 3. The van der Waals surface area contributed by atoms with E-state index in [4.69, 9.17) is 5.73 Å². The second kappa shape index (κ2) is 9.89. The molecule has 0 aromatic heterocycles. The Bertz CT molecular complexity index is 234. The van der Waals surface area contributed by atoms with Gasteiger partial charge in [0.15, 0.2) is 0 Å². The first kappa shape index (κ1) is 15.7. The second-order valence-corrected chi connectivity index (χ2v) is 3.96. The molecule has 0 aliphatic carbocycles. The van der Waals surface area contributed by atoms with Crippen LogP contribution in [0.25, 0.3) is 0 Å². The third-order valence-corrected chi connectivity index (χ3v) is 2.35. The summed E-state index contributed by atoms with van der Waals surface area (Å²) in [7, 11) is 0. The van der Waals surface area contributed by atoms with Crippen molar-refractivity contribution in [3.8, 4) is 0 Å². The Balaban J connectivity index is 3.50. The summed E-state index contributed by atoms with van der Waals surface area (Å²) in [5.41, 5.74) is 4.91. The minimum Gasteiger partial charge on any atom is -0.355 e. The molecular formula is C11H24N4O2. The zero-order valence-corrected chi connectivity index (χ0v) is 10.7. The zero-order chi connectivity index (χ0) is 13.1. The Hall–Kier alpha value is -1.30. The van der Waals surface area contributed by atoms with Crippen molar-refractivity contribution in [2.45, 2.75) is 39.2 Å². The van der Waals surface area contributed by atoms with Gasteiger partial charge in [0.1, 0.15) is 0 Å². The van der Waals surface area contributed by atoms with Gasteiger partial charge in [0.05, 0.1) is 6.04 Å². The van der Waals surface area contributed by atoms with Crippen LogP contribution in [0.1, 0.15) is 33.1 Å². The molecule has 1 unspecified atom stereocenters. The van der Waals surface area contributed by atoms with Crippen LogP contribution >= 0.6 is 0 Å². The zero-order valence-electron chi connectivity index (χ0n) is 10.7. The molecule has 0 aromatic rings. The molecule has 0 radical (unpaired) electrons. The third kappa shape index (κ3) is 9.62. The van der Waals surface area contributed by atoms with Crippen molar-refractivity contribution in [3.63, 3.8) is 0 Å². The van der Waals surface area contributed by atoms with Crippen LogP contribution in [-0.2, 0) is 4.79 Å². The first-order valence-electron chi connectivity index (χ1n) is 6.12. The maximum Gasteiger partial charge on any atom is 0.312 e. The fourth-order valence-electron chi connectivity index (χ4n) is 1.31. The molecule has 6 nitrogen and oxygen atoms in total. The third-order valence-electron chi connectivity index (χ3n) is 2.35. The molecule has 3 amide bonds. The van der Waals surface area contributed by atoms with Gasteiger partial charge >= 0.3 is 6.03 Å². The van der Waals surface area contributed by atoms with Crippen molar-refractivity contribution in [3.05, 3.63) is 0 Å². The van der Waals surface area contributed by atoms with Crippen molar-refractivity contribution in [1.29, 1.82) is 0 Å². The lowest BCUT2D eigenvalue weighted by Gasteiger charge is -2.13. The highest BCUT2D eigenvalue weighted by molar-refractivity contribution is 5.81. The highest BCUT2D eigenvalue weighted by Crippen LogP contribution is 1.91. The SMILES string of the molecule is CCCCCNC(=O)C(C)NCCNC(N)=O. The van der Waals surface area contributed by atoms with Crippen LogP contribution in [0.5, 0.6) is 0 Å². The van der Waals surface area contributed by atoms with Gasteiger partial charge in [0.2, 0.25) is 5.91 Å². The molecule has 0 fully saturated rings. The molecular weight excluding hydrogens is 220 g/mol. The molecule has 0 rings (SSSR count). The largest absolute Gasteiger partial charge is 0.355 e. The summed E-state index contributed by atoms with van der Waals surface area (Å²) in [6, 6.07) is -0.810. The van der Waals surface area contributed by atoms with Crippen molar-refractivity contribution >= 4 is 11.9 Å². The van der Waals surface area contributed by atoms with E-state index in [0.29, 0.717) is 13.1 Å². The minimum absolute atomic E-state index is 0.0137. The monoisotopic (exact) mass is 244 g/mol. The maximum absolute atomic E-state index is 11.5. The molecule has 17 heavy (non-hydrogen) atoms. The average molecular weight is 244 g/mol.